The van der Waals surface area contributed by atoms with Gasteiger partial charge in [0.1, 0.15) is 0 Å². The Kier molecular flexibility index (Phi) is 2.87. The first-order valence-corrected chi connectivity index (χ1v) is 5.44. The highest BCUT2D eigenvalue weighted by Gasteiger charge is 2.23. The van der Waals surface area contributed by atoms with Gasteiger partial charge in [0.05, 0.1) is 18.1 Å². The van der Waals surface area contributed by atoms with Crippen LogP contribution in [0.15, 0.2) is 12.5 Å². The van der Waals surface area contributed by atoms with Crippen LogP contribution in [0.5, 0.6) is 0 Å². The first-order chi connectivity index (χ1) is 6.79. The van der Waals surface area contributed by atoms with E-state index in [1.54, 1.807) is 0 Å². The first-order valence-electron chi connectivity index (χ1n) is 5.44. The maximum atomic E-state index is 4.40. The fourth-order valence-corrected chi connectivity index (χ4v) is 2.06. The molecule has 1 N–H and O–H groups in total. The van der Waals surface area contributed by atoms with Crippen molar-refractivity contribution in [2.24, 2.45) is 13.0 Å². The van der Waals surface area contributed by atoms with Gasteiger partial charge in [0.25, 0.3) is 0 Å². The fraction of sp³-hybridized carbons (Fsp3) is 0.727. The first kappa shape index (κ1) is 9.71. The number of hydrogen-bond donors (Lipinski definition) is 1. The van der Waals surface area contributed by atoms with Crippen molar-refractivity contribution in [2.45, 2.75) is 31.7 Å². The number of rotatable bonds is 4. The van der Waals surface area contributed by atoms with Gasteiger partial charge < -0.3 is 9.88 Å². The molecule has 0 bridgehead atoms. The molecular formula is C11H19N3. The lowest BCUT2D eigenvalue weighted by molar-refractivity contribution is 0.264. The summed E-state index contributed by atoms with van der Waals surface area (Å²) < 4.78 is 2.01. The summed E-state index contributed by atoms with van der Waals surface area (Å²) in [6, 6.07) is 0.446. The molecule has 1 aliphatic carbocycles. The molecule has 0 spiro atoms. The summed E-state index contributed by atoms with van der Waals surface area (Å²) in [5, 5.41) is 3.35. The van der Waals surface area contributed by atoms with Crippen LogP contribution in [0.1, 0.15) is 37.4 Å². The van der Waals surface area contributed by atoms with Crippen LogP contribution < -0.4 is 5.32 Å². The zero-order chi connectivity index (χ0) is 9.97. The average Bonchev–Trinajstić information content (AvgIpc) is 2.50. The summed E-state index contributed by atoms with van der Waals surface area (Å²) in [6.45, 7) is 0. The van der Waals surface area contributed by atoms with E-state index in [2.05, 4.69) is 16.5 Å². The highest BCUT2D eigenvalue weighted by Crippen LogP contribution is 2.34. The molecule has 14 heavy (non-hydrogen) atoms. The Hall–Kier alpha value is -0.830. The van der Waals surface area contributed by atoms with Gasteiger partial charge in [0.2, 0.25) is 0 Å². The van der Waals surface area contributed by atoms with Crippen LogP contribution >= 0.6 is 0 Å². The summed E-state index contributed by atoms with van der Waals surface area (Å²) in [7, 11) is 4.05. The minimum absolute atomic E-state index is 0.446. The Labute approximate surface area is 85.5 Å². The molecule has 3 heteroatoms. The molecule has 0 saturated heterocycles. The van der Waals surface area contributed by atoms with Crippen molar-refractivity contribution in [1.29, 1.82) is 0 Å². The van der Waals surface area contributed by atoms with Crippen LogP contribution in [0.25, 0.3) is 0 Å². The second-order valence-corrected chi connectivity index (χ2v) is 4.34. The number of hydrogen-bond acceptors (Lipinski definition) is 2. The van der Waals surface area contributed by atoms with Crippen LogP contribution in [0.3, 0.4) is 0 Å². The van der Waals surface area contributed by atoms with Gasteiger partial charge in [-0.1, -0.05) is 19.3 Å². The largest absolute Gasteiger partial charge is 0.340 e. The van der Waals surface area contributed by atoms with E-state index in [0.717, 1.165) is 5.92 Å². The molecule has 0 aliphatic heterocycles. The van der Waals surface area contributed by atoms with E-state index in [1.165, 1.54) is 31.4 Å². The summed E-state index contributed by atoms with van der Waals surface area (Å²) in [5.74, 6) is 0.925. The number of imidazole rings is 1. The van der Waals surface area contributed by atoms with Crippen LogP contribution in [0.2, 0.25) is 0 Å². The van der Waals surface area contributed by atoms with Gasteiger partial charge in [-0.25, -0.2) is 4.98 Å². The summed E-state index contributed by atoms with van der Waals surface area (Å²) >= 11 is 0. The third-order valence-electron chi connectivity index (χ3n) is 3.22. The SMILES string of the molecule is CNC(CC1CCC1)c1cn(C)cn1. The zero-order valence-corrected chi connectivity index (χ0v) is 9.03. The van der Waals surface area contributed by atoms with Gasteiger partial charge in [-0.3, -0.25) is 0 Å². The molecule has 1 saturated carbocycles. The lowest BCUT2D eigenvalue weighted by atomic mass is 9.80. The average molecular weight is 193 g/mol. The van der Waals surface area contributed by atoms with Gasteiger partial charge in [0, 0.05) is 13.2 Å². The maximum Gasteiger partial charge on any atom is 0.0947 e. The highest BCUT2D eigenvalue weighted by atomic mass is 15.0. The van der Waals surface area contributed by atoms with E-state index < -0.39 is 0 Å². The third-order valence-corrected chi connectivity index (χ3v) is 3.22. The van der Waals surface area contributed by atoms with E-state index >= 15 is 0 Å². The molecule has 2 rings (SSSR count). The van der Waals surface area contributed by atoms with Gasteiger partial charge in [-0.15, -0.1) is 0 Å². The Morgan fingerprint density at radius 3 is 2.86 bits per heavy atom. The van der Waals surface area contributed by atoms with Crippen molar-refractivity contribution in [3.05, 3.63) is 18.2 Å². The molecule has 1 atom stereocenters. The zero-order valence-electron chi connectivity index (χ0n) is 9.03. The number of nitrogens with zero attached hydrogens (tertiary/aromatic N) is 2. The quantitative estimate of drug-likeness (QED) is 0.791. The van der Waals surface area contributed by atoms with Gasteiger partial charge in [0.15, 0.2) is 0 Å². The third kappa shape index (κ3) is 1.98. The van der Waals surface area contributed by atoms with Crippen LogP contribution in [-0.2, 0) is 7.05 Å². The molecule has 0 amide bonds. The molecule has 1 aromatic heterocycles. The van der Waals surface area contributed by atoms with Gasteiger partial charge in [-0.2, -0.15) is 0 Å². The monoisotopic (exact) mass is 193 g/mol. The molecule has 1 aromatic rings. The molecular weight excluding hydrogens is 174 g/mol. The predicted octanol–water partition coefficient (Wildman–Crippen LogP) is 1.87. The van der Waals surface area contributed by atoms with Crippen molar-refractivity contribution in [3.63, 3.8) is 0 Å². The van der Waals surface area contributed by atoms with E-state index in [1.807, 2.05) is 25.0 Å². The van der Waals surface area contributed by atoms with Crippen molar-refractivity contribution < 1.29 is 0 Å². The Bertz CT molecular complexity index is 288. The smallest absolute Gasteiger partial charge is 0.0947 e. The molecule has 1 fully saturated rings. The molecule has 1 aliphatic rings. The van der Waals surface area contributed by atoms with Crippen molar-refractivity contribution in [1.82, 2.24) is 14.9 Å². The number of nitrogens with one attached hydrogen (secondary N) is 1. The van der Waals surface area contributed by atoms with Crippen molar-refractivity contribution in [2.75, 3.05) is 7.05 Å². The summed E-state index contributed by atoms with van der Waals surface area (Å²) in [4.78, 5) is 4.40. The van der Waals surface area contributed by atoms with Crippen LogP contribution in [0.4, 0.5) is 0 Å². The van der Waals surface area contributed by atoms with Crippen molar-refractivity contribution >= 4 is 0 Å². The topological polar surface area (TPSA) is 29.9 Å². The number of aromatic nitrogens is 2. The molecule has 0 aromatic carbocycles. The van der Waals surface area contributed by atoms with E-state index in [4.69, 9.17) is 0 Å². The van der Waals surface area contributed by atoms with Gasteiger partial charge in [-0.05, 0) is 19.4 Å². The fourth-order valence-electron chi connectivity index (χ4n) is 2.06. The molecule has 0 radical (unpaired) electrons. The number of aryl methyl sites for hydroxylation is 1. The second-order valence-electron chi connectivity index (χ2n) is 4.34. The summed E-state index contributed by atoms with van der Waals surface area (Å²) in [6.07, 6.45) is 9.47. The Balaban J connectivity index is 1.97. The maximum absolute atomic E-state index is 4.40. The second kappa shape index (κ2) is 4.13. The van der Waals surface area contributed by atoms with Crippen molar-refractivity contribution in [3.8, 4) is 0 Å². The molecule has 1 heterocycles. The normalized spacial score (nSPS) is 19.3. The molecule has 78 valence electrons. The Morgan fingerprint density at radius 1 is 1.64 bits per heavy atom. The summed E-state index contributed by atoms with van der Waals surface area (Å²) in [5.41, 5.74) is 1.18. The van der Waals surface area contributed by atoms with Crippen LogP contribution in [0, 0.1) is 5.92 Å². The minimum atomic E-state index is 0.446. The van der Waals surface area contributed by atoms with E-state index in [0.29, 0.717) is 6.04 Å². The predicted molar refractivity (Wildman–Crippen MR) is 57.0 cm³/mol. The van der Waals surface area contributed by atoms with E-state index in [9.17, 15) is 0 Å². The lowest BCUT2D eigenvalue weighted by Gasteiger charge is -2.28. The lowest BCUT2D eigenvalue weighted by Crippen LogP contribution is -2.23. The standard InChI is InChI=1S/C11H19N3/c1-12-10(6-9-4-3-5-9)11-7-14(2)8-13-11/h7-10,12H,3-6H2,1-2H3. The molecule has 3 nitrogen and oxygen atoms in total. The molecule has 1 unspecified atom stereocenters. The Morgan fingerprint density at radius 2 is 2.43 bits per heavy atom. The van der Waals surface area contributed by atoms with E-state index in [-0.39, 0.29) is 0 Å². The van der Waals surface area contributed by atoms with Crippen LogP contribution in [-0.4, -0.2) is 16.6 Å². The minimum Gasteiger partial charge on any atom is -0.340 e. The highest BCUT2D eigenvalue weighted by molar-refractivity contribution is 5.04. The van der Waals surface area contributed by atoms with Gasteiger partial charge >= 0.3 is 0 Å².